The average Bonchev–Trinajstić information content (AvgIpc) is 2.22. The number of ketones is 1. The predicted molar refractivity (Wildman–Crippen MR) is 61.0 cm³/mol. The summed E-state index contributed by atoms with van der Waals surface area (Å²) in [6, 6.07) is 4.11. The lowest BCUT2D eigenvalue weighted by atomic mass is 9.98. The average molecular weight is 245 g/mol. The molecule has 4 heteroatoms. The molecule has 0 aliphatic carbocycles. The van der Waals surface area contributed by atoms with Crippen LogP contribution in [0.2, 0.25) is 5.02 Å². The molecule has 1 rings (SSSR count). The second-order valence-electron chi connectivity index (χ2n) is 4.08. The smallest absolute Gasteiger partial charge is 0.165 e. The molecule has 16 heavy (non-hydrogen) atoms. The van der Waals surface area contributed by atoms with Gasteiger partial charge >= 0.3 is 0 Å². The van der Waals surface area contributed by atoms with Crippen molar-refractivity contribution in [3.63, 3.8) is 0 Å². The predicted octanol–water partition coefficient (Wildman–Crippen LogP) is 2.61. The molecule has 0 aliphatic heterocycles. The van der Waals surface area contributed by atoms with Crippen molar-refractivity contribution < 1.29 is 14.3 Å². The lowest BCUT2D eigenvalue weighted by Gasteiger charge is -2.13. The molecule has 0 aromatic heterocycles. The monoisotopic (exact) mass is 244 g/mol. The molecule has 0 spiro atoms. The van der Waals surface area contributed by atoms with Gasteiger partial charge in [0.05, 0.1) is 5.02 Å². The van der Waals surface area contributed by atoms with Crippen LogP contribution in [0.15, 0.2) is 18.2 Å². The van der Waals surface area contributed by atoms with Crippen LogP contribution in [-0.2, 0) is 11.2 Å². The van der Waals surface area contributed by atoms with Gasteiger partial charge in [0.25, 0.3) is 0 Å². The minimum Gasteiger partial charge on any atom is -0.385 e. The maximum atomic E-state index is 12.9. The minimum absolute atomic E-state index is 0.00987. The van der Waals surface area contributed by atoms with Crippen LogP contribution in [-0.4, -0.2) is 17.0 Å². The number of aliphatic hydroxyl groups is 1. The maximum Gasteiger partial charge on any atom is 0.165 e. The summed E-state index contributed by atoms with van der Waals surface area (Å²) in [5.41, 5.74) is 0.608. The first kappa shape index (κ1) is 13.1. The molecular weight excluding hydrogens is 231 g/mol. The Bertz CT molecular complexity index is 391. The third kappa shape index (κ3) is 3.29. The zero-order valence-electron chi connectivity index (χ0n) is 9.21. The van der Waals surface area contributed by atoms with E-state index in [-0.39, 0.29) is 23.1 Å². The van der Waals surface area contributed by atoms with Gasteiger partial charge in [-0.15, -0.1) is 0 Å². The highest BCUT2D eigenvalue weighted by Crippen LogP contribution is 2.17. The Morgan fingerprint density at radius 2 is 2.12 bits per heavy atom. The van der Waals surface area contributed by atoms with E-state index in [1.165, 1.54) is 18.2 Å². The van der Waals surface area contributed by atoms with Crippen molar-refractivity contribution in [3.8, 4) is 0 Å². The van der Waals surface area contributed by atoms with Crippen LogP contribution in [0.25, 0.3) is 0 Å². The van der Waals surface area contributed by atoms with Crippen LogP contribution in [0.1, 0.15) is 19.4 Å². The summed E-state index contributed by atoms with van der Waals surface area (Å²) in [6.07, 6.45) is -0.914. The molecule has 0 heterocycles. The van der Waals surface area contributed by atoms with Gasteiger partial charge in [0.1, 0.15) is 11.9 Å². The summed E-state index contributed by atoms with van der Waals surface area (Å²) in [4.78, 5) is 11.6. The van der Waals surface area contributed by atoms with E-state index in [4.69, 9.17) is 11.6 Å². The number of carbonyl (C=O) groups excluding carboxylic acids is 1. The number of hydrogen-bond acceptors (Lipinski definition) is 2. The number of hydrogen-bond donors (Lipinski definition) is 1. The quantitative estimate of drug-likeness (QED) is 0.884. The number of aliphatic hydroxyl groups excluding tert-OH is 1. The summed E-state index contributed by atoms with van der Waals surface area (Å²) in [5.74, 6) is -0.914. The van der Waals surface area contributed by atoms with Crippen molar-refractivity contribution in [3.05, 3.63) is 34.6 Å². The molecule has 1 atom stereocenters. The molecule has 1 aromatic rings. The van der Waals surface area contributed by atoms with Crippen molar-refractivity contribution >= 4 is 17.4 Å². The molecule has 0 saturated heterocycles. The van der Waals surface area contributed by atoms with Crippen LogP contribution < -0.4 is 0 Å². The molecule has 0 amide bonds. The van der Waals surface area contributed by atoms with Gasteiger partial charge < -0.3 is 5.11 Å². The Labute approximate surface area is 99.0 Å². The van der Waals surface area contributed by atoms with Crippen LogP contribution in [0.4, 0.5) is 4.39 Å². The normalized spacial score (nSPS) is 12.9. The Kier molecular flexibility index (Phi) is 4.44. The lowest BCUT2D eigenvalue weighted by molar-refractivity contribution is -0.128. The van der Waals surface area contributed by atoms with E-state index in [1.54, 1.807) is 13.8 Å². The number of benzene rings is 1. The van der Waals surface area contributed by atoms with Crippen LogP contribution in [0.3, 0.4) is 0 Å². The third-order valence-corrected chi connectivity index (χ3v) is 2.61. The summed E-state index contributed by atoms with van der Waals surface area (Å²) < 4.78 is 12.9. The van der Waals surface area contributed by atoms with Crippen molar-refractivity contribution in [1.82, 2.24) is 0 Å². The Morgan fingerprint density at radius 3 is 2.62 bits per heavy atom. The fourth-order valence-electron chi connectivity index (χ4n) is 1.33. The largest absolute Gasteiger partial charge is 0.385 e. The van der Waals surface area contributed by atoms with Gasteiger partial charge in [-0.3, -0.25) is 4.79 Å². The zero-order valence-corrected chi connectivity index (χ0v) is 9.96. The van der Waals surface area contributed by atoms with E-state index in [9.17, 15) is 14.3 Å². The Hall–Kier alpha value is -0.930. The second kappa shape index (κ2) is 5.41. The van der Waals surface area contributed by atoms with Crippen molar-refractivity contribution in [2.45, 2.75) is 26.4 Å². The van der Waals surface area contributed by atoms with E-state index < -0.39 is 11.9 Å². The number of carbonyl (C=O) groups is 1. The summed E-state index contributed by atoms with van der Waals surface area (Å²) in [7, 11) is 0. The number of halogens is 2. The van der Waals surface area contributed by atoms with Crippen LogP contribution >= 0.6 is 11.6 Å². The molecule has 0 saturated carbocycles. The molecule has 0 fully saturated rings. The zero-order chi connectivity index (χ0) is 12.3. The topological polar surface area (TPSA) is 37.3 Å². The Balaban J connectivity index is 2.74. The Morgan fingerprint density at radius 1 is 1.50 bits per heavy atom. The maximum absolute atomic E-state index is 12.9. The highest BCUT2D eigenvalue weighted by molar-refractivity contribution is 6.30. The fourth-order valence-corrected chi connectivity index (χ4v) is 1.53. The van der Waals surface area contributed by atoms with E-state index in [1.807, 2.05) is 0 Å². The van der Waals surface area contributed by atoms with E-state index in [2.05, 4.69) is 0 Å². The lowest BCUT2D eigenvalue weighted by Crippen LogP contribution is -2.27. The van der Waals surface area contributed by atoms with Gasteiger partial charge in [-0.1, -0.05) is 31.5 Å². The van der Waals surface area contributed by atoms with Gasteiger partial charge in [0.2, 0.25) is 0 Å². The highest BCUT2D eigenvalue weighted by Gasteiger charge is 2.19. The van der Waals surface area contributed by atoms with Crippen molar-refractivity contribution in [2.75, 3.05) is 0 Å². The van der Waals surface area contributed by atoms with Gasteiger partial charge in [0, 0.05) is 6.42 Å². The number of rotatable bonds is 4. The highest BCUT2D eigenvalue weighted by atomic mass is 35.5. The molecule has 1 N–H and O–H groups in total. The summed E-state index contributed by atoms with van der Waals surface area (Å²) >= 11 is 5.59. The molecule has 0 bridgehead atoms. The first-order valence-corrected chi connectivity index (χ1v) is 5.44. The summed E-state index contributed by atoms with van der Waals surface area (Å²) in [5, 5.41) is 9.51. The van der Waals surface area contributed by atoms with E-state index in [0.29, 0.717) is 5.56 Å². The van der Waals surface area contributed by atoms with Crippen molar-refractivity contribution in [1.29, 1.82) is 0 Å². The molecule has 88 valence electrons. The number of Topliss-reactive ketones (excluding diaryl/α,β-unsaturated/α-hetero) is 1. The minimum atomic E-state index is -0.983. The van der Waals surface area contributed by atoms with Crippen LogP contribution in [0, 0.1) is 11.7 Å². The first-order valence-electron chi connectivity index (χ1n) is 5.06. The van der Waals surface area contributed by atoms with Gasteiger partial charge in [-0.25, -0.2) is 4.39 Å². The molecule has 0 aliphatic rings. The molecule has 2 nitrogen and oxygen atoms in total. The SMILES string of the molecule is CC(C)C(O)C(=O)Cc1ccc(F)c(Cl)c1. The second-order valence-corrected chi connectivity index (χ2v) is 4.49. The first-order chi connectivity index (χ1) is 7.41. The molecule has 0 radical (unpaired) electrons. The van der Waals surface area contributed by atoms with Gasteiger partial charge in [-0.05, 0) is 23.6 Å². The molecule has 1 unspecified atom stereocenters. The fraction of sp³-hybridized carbons (Fsp3) is 0.417. The third-order valence-electron chi connectivity index (χ3n) is 2.32. The standard InChI is InChI=1S/C12H14ClFO2/c1-7(2)12(16)11(15)6-8-3-4-10(14)9(13)5-8/h3-5,7,12,16H,6H2,1-2H3. The molecule has 1 aromatic carbocycles. The van der Waals surface area contributed by atoms with Crippen LogP contribution in [0.5, 0.6) is 0 Å². The summed E-state index contributed by atoms with van der Waals surface area (Å²) in [6.45, 7) is 3.53. The van der Waals surface area contributed by atoms with Gasteiger partial charge in [-0.2, -0.15) is 0 Å². The van der Waals surface area contributed by atoms with E-state index in [0.717, 1.165) is 0 Å². The van der Waals surface area contributed by atoms with Crippen molar-refractivity contribution in [2.24, 2.45) is 5.92 Å². The molecular formula is C12H14ClFO2. The van der Waals surface area contributed by atoms with E-state index >= 15 is 0 Å². The van der Waals surface area contributed by atoms with Gasteiger partial charge in [0.15, 0.2) is 5.78 Å².